The molecule has 1 aromatic heterocycles. The first kappa shape index (κ1) is 14.5. The van der Waals surface area contributed by atoms with Crippen molar-refractivity contribution in [1.29, 1.82) is 0 Å². The fraction of sp³-hybridized carbons (Fsp3) is 0.118. The zero-order chi connectivity index (χ0) is 15.7. The number of benzene rings is 2. The highest BCUT2D eigenvalue weighted by atomic mass is 32.2. The number of nitrogens with zero attached hydrogens (tertiary/aromatic N) is 1. The van der Waals surface area contributed by atoms with E-state index < -0.39 is 10.0 Å². The van der Waals surface area contributed by atoms with E-state index in [-0.39, 0.29) is 0 Å². The molecule has 0 aliphatic rings. The average molecular weight is 312 g/mol. The molecule has 4 nitrogen and oxygen atoms in total. The van der Waals surface area contributed by atoms with Crippen LogP contribution in [0.3, 0.4) is 0 Å². The minimum atomic E-state index is -3.63. The summed E-state index contributed by atoms with van der Waals surface area (Å²) in [5, 5.41) is 0.776. The maximum atomic E-state index is 12.6. The Kier molecular flexibility index (Phi) is 3.58. The van der Waals surface area contributed by atoms with Crippen LogP contribution in [-0.4, -0.2) is 13.4 Å². The standard InChI is InChI=1S/C17H16N2O2S/c1-12-8-9-17(13(2)11-12)22(20,21)19-16-7-3-6-15-14(16)5-4-10-18-15/h3-11,19H,1-2H3. The van der Waals surface area contributed by atoms with Crippen LogP contribution in [0, 0.1) is 13.8 Å². The number of hydrogen-bond acceptors (Lipinski definition) is 3. The van der Waals surface area contributed by atoms with E-state index in [1.165, 1.54) is 0 Å². The van der Waals surface area contributed by atoms with Gasteiger partial charge >= 0.3 is 0 Å². The molecule has 0 atom stereocenters. The molecule has 0 aliphatic heterocycles. The Labute approximate surface area is 129 Å². The number of fused-ring (bicyclic) bond motifs is 1. The SMILES string of the molecule is Cc1ccc(S(=O)(=O)Nc2cccc3ncccc23)c(C)c1. The largest absolute Gasteiger partial charge is 0.279 e. The van der Waals surface area contributed by atoms with Crippen molar-refractivity contribution < 1.29 is 8.42 Å². The maximum Gasteiger partial charge on any atom is 0.262 e. The van der Waals surface area contributed by atoms with E-state index in [0.29, 0.717) is 10.6 Å². The molecule has 112 valence electrons. The summed E-state index contributed by atoms with van der Waals surface area (Å²) in [6, 6.07) is 14.3. The Morgan fingerprint density at radius 1 is 1.00 bits per heavy atom. The Balaban J connectivity index is 2.07. The Hall–Kier alpha value is -2.40. The monoisotopic (exact) mass is 312 g/mol. The van der Waals surface area contributed by atoms with Crippen LogP contribution >= 0.6 is 0 Å². The molecule has 0 amide bonds. The second-order valence-corrected chi connectivity index (χ2v) is 6.90. The lowest BCUT2D eigenvalue weighted by Gasteiger charge is -2.12. The smallest absolute Gasteiger partial charge is 0.262 e. The highest BCUT2D eigenvalue weighted by Gasteiger charge is 2.17. The topological polar surface area (TPSA) is 59.1 Å². The third-order valence-corrected chi connectivity index (χ3v) is 5.04. The van der Waals surface area contributed by atoms with Crippen LogP contribution < -0.4 is 4.72 Å². The van der Waals surface area contributed by atoms with Gasteiger partial charge in [-0.1, -0.05) is 23.8 Å². The normalized spacial score (nSPS) is 11.5. The van der Waals surface area contributed by atoms with Crippen LogP contribution in [0.15, 0.2) is 59.6 Å². The number of nitrogens with one attached hydrogen (secondary N) is 1. The minimum absolute atomic E-state index is 0.291. The molecule has 3 aromatic rings. The molecular formula is C17H16N2O2S. The fourth-order valence-corrected chi connectivity index (χ4v) is 3.80. The van der Waals surface area contributed by atoms with Gasteiger partial charge in [-0.15, -0.1) is 0 Å². The van der Waals surface area contributed by atoms with Crippen molar-refractivity contribution in [3.8, 4) is 0 Å². The van der Waals surface area contributed by atoms with Gasteiger partial charge in [0.1, 0.15) is 0 Å². The number of aryl methyl sites for hydroxylation is 2. The minimum Gasteiger partial charge on any atom is -0.279 e. The van der Waals surface area contributed by atoms with Gasteiger partial charge in [0.25, 0.3) is 10.0 Å². The molecule has 0 radical (unpaired) electrons. The molecule has 1 N–H and O–H groups in total. The second-order valence-electron chi connectivity index (χ2n) is 5.25. The molecule has 0 bridgehead atoms. The van der Waals surface area contributed by atoms with Gasteiger partial charge in [-0.05, 0) is 49.7 Å². The van der Waals surface area contributed by atoms with Crippen molar-refractivity contribution in [1.82, 2.24) is 4.98 Å². The highest BCUT2D eigenvalue weighted by molar-refractivity contribution is 7.92. The van der Waals surface area contributed by atoms with Crippen LogP contribution in [0.5, 0.6) is 0 Å². The predicted molar refractivity (Wildman–Crippen MR) is 88.5 cm³/mol. The van der Waals surface area contributed by atoms with E-state index in [1.54, 1.807) is 43.5 Å². The number of sulfonamides is 1. The number of hydrogen-bond donors (Lipinski definition) is 1. The van der Waals surface area contributed by atoms with Gasteiger partial charge in [0.05, 0.1) is 16.1 Å². The predicted octanol–water partition coefficient (Wildman–Crippen LogP) is 3.65. The number of anilines is 1. The molecule has 22 heavy (non-hydrogen) atoms. The van der Waals surface area contributed by atoms with Gasteiger partial charge in [-0.3, -0.25) is 9.71 Å². The van der Waals surface area contributed by atoms with Gasteiger partial charge in [0, 0.05) is 11.6 Å². The highest BCUT2D eigenvalue weighted by Crippen LogP contribution is 2.25. The quantitative estimate of drug-likeness (QED) is 0.803. The van der Waals surface area contributed by atoms with Crippen LogP contribution in [0.2, 0.25) is 0 Å². The van der Waals surface area contributed by atoms with E-state index in [4.69, 9.17) is 0 Å². The van der Waals surface area contributed by atoms with Gasteiger partial charge in [-0.25, -0.2) is 8.42 Å². The summed E-state index contributed by atoms with van der Waals surface area (Å²) in [6.07, 6.45) is 1.69. The lowest BCUT2D eigenvalue weighted by atomic mass is 10.2. The zero-order valence-electron chi connectivity index (χ0n) is 12.4. The lowest BCUT2D eigenvalue weighted by molar-refractivity contribution is 0.600. The van der Waals surface area contributed by atoms with E-state index in [2.05, 4.69) is 9.71 Å². The van der Waals surface area contributed by atoms with Gasteiger partial charge < -0.3 is 0 Å². The molecule has 0 spiro atoms. The van der Waals surface area contributed by atoms with E-state index >= 15 is 0 Å². The van der Waals surface area contributed by atoms with Crippen molar-refractivity contribution in [3.05, 3.63) is 65.9 Å². The van der Waals surface area contributed by atoms with Crippen molar-refractivity contribution in [2.24, 2.45) is 0 Å². The van der Waals surface area contributed by atoms with Crippen molar-refractivity contribution >= 4 is 26.6 Å². The Bertz CT molecular complexity index is 945. The third kappa shape index (κ3) is 2.67. The first-order chi connectivity index (χ1) is 10.5. The van der Waals surface area contributed by atoms with Crippen LogP contribution in [-0.2, 0) is 10.0 Å². The first-order valence-electron chi connectivity index (χ1n) is 6.91. The summed E-state index contributed by atoms with van der Waals surface area (Å²) in [7, 11) is -3.63. The van der Waals surface area contributed by atoms with Crippen molar-refractivity contribution in [2.45, 2.75) is 18.7 Å². The Morgan fingerprint density at radius 3 is 2.59 bits per heavy atom. The van der Waals surface area contributed by atoms with Crippen LogP contribution in [0.4, 0.5) is 5.69 Å². The van der Waals surface area contributed by atoms with Gasteiger partial charge in [0.2, 0.25) is 0 Å². The summed E-state index contributed by atoms with van der Waals surface area (Å²) in [5.74, 6) is 0. The molecule has 0 unspecified atom stereocenters. The number of rotatable bonds is 3. The molecule has 2 aromatic carbocycles. The Morgan fingerprint density at radius 2 is 1.82 bits per heavy atom. The van der Waals surface area contributed by atoms with Crippen LogP contribution in [0.25, 0.3) is 10.9 Å². The van der Waals surface area contributed by atoms with Crippen molar-refractivity contribution in [3.63, 3.8) is 0 Å². The average Bonchev–Trinajstić information content (AvgIpc) is 2.47. The molecule has 0 saturated heterocycles. The zero-order valence-corrected chi connectivity index (χ0v) is 13.2. The van der Waals surface area contributed by atoms with Gasteiger partial charge in [-0.2, -0.15) is 0 Å². The summed E-state index contributed by atoms with van der Waals surface area (Å²) in [5.41, 5.74) is 3.05. The summed E-state index contributed by atoms with van der Waals surface area (Å²) in [6.45, 7) is 3.74. The fourth-order valence-electron chi connectivity index (χ4n) is 2.49. The van der Waals surface area contributed by atoms with E-state index in [0.717, 1.165) is 22.0 Å². The molecule has 5 heteroatoms. The molecule has 0 fully saturated rings. The van der Waals surface area contributed by atoms with Crippen LogP contribution in [0.1, 0.15) is 11.1 Å². The lowest BCUT2D eigenvalue weighted by Crippen LogP contribution is -2.14. The summed E-state index contributed by atoms with van der Waals surface area (Å²) >= 11 is 0. The molecular weight excluding hydrogens is 296 g/mol. The first-order valence-corrected chi connectivity index (χ1v) is 8.39. The molecule has 1 heterocycles. The molecule has 3 rings (SSSR count). The van der Waals surface area contributed by atoms with E-state index in [9.17, 15) is 8.42 Å². The molecule has 0 aliphatic carbocycles. The summed E-state index contributed by atoms with van der Waals surface area (Å²) in [4.78, 5) is 4.53. The third-order valence-electron chi connectivity index (χ3n) is 3.51. The number of aromatic nitrogens is 1. The second kappa shape index (κ2) is 5.42. The number of pyridine rings is 1. The maximum absolute atomic E-state index is 12.6. The summed E-state index contributed by atoms with van der Waals surface area (Å²) < 4.78 is 28.0. The van der Waals surface area contributed by atoms with Gasteiger partial charge in [0.15, 0.2) is 0 Å². The van der Waals surface area contributed by atoms with Crippen molar-refractivity contribution in [2.75, 3.05) is 4.72 Å². The molecule has 0 saturated carbocycles. The van der Waals surface area contributed by atoms with E-state index in [1.807, 2.05) is 25.1 Å².